The number of hydrogen-bond donors (Lipinski definition) is 1. The molecule has 0 radical (unpaired) electrons. The van der Waals surface area contributed by atoms with Crippen LogP contribution in [-0.2, 0) is 9.47 Å². The molecule has 1 aromatic rings. The summed E-state index contributed by atoms with van der Waals surface area (Å²) in [6, 6.07) is 3.89. The molecular weight excluding hydrogens is 246 g/mol. The van der Waals surface area contributed by atoms with E-state index in [0.717, 1.165) is 15.6 Å². The first-order valence-electron chi connectivity index (χ1n) is 5.44. The van der Waals surface area contributed by atoms with Crippen molar-refractivity contribution < 1.29 is 9.47 Å². The van der Waals surface area contributed by atoms with E-state index in [-0.39, 0.29) is 18.2 Å². The molecule has 5 heteroatoms. The van der Waals surface area contributed by atoms with Crippen LogP contribution in [0.2, 0.25) is 4.34 Å². The van der Waals surface area contributed by atoms with Crippen molar-refractivity contribution in [2.24, 2.45) is 5.73 Å². The summed E-state index contributed by atoms with van der Waals surface area (Å²) in [5, 5.41) is 0. The highest BCUT2D eigenvalue weighted by atomic mass is 35.5. The SMILES string of the molecule is CCC(N)C(OC1COC1)c1ccc(Cl)s1. The van der Waals surface area contributed by atoms with Gasteiger partial charge < -0.3 is 15.2 Å². The van der Waals surface area contributed by atoms with Crippen LogP contribution < -0.4 is 5.73 Å². The van der Waals surface area contributed by atoms with Gasteiger partial charge in [-0.25, -0.2) is 0 Å². The van der Waals surface area contributed by atoms with Crippen LogP contribution in [-0.4, -0.2) is 25.4 Å². The van der Waals surface area contributed by atoms with Gasteiger partial charge in [0.05, 0.1) is 17.6 Å². The molecule has 2 N–H and O–H groups in total. The topological polar surface area (TPSA) is 44.5 Å². The summed E-state index contributed by atoms with van der Waals surface area (Å²) < 4.78 is 11.8. The molecule has 3 nitrogen and oxygen atoms in total. The van der Waals surface area contributed by atoms with Gasteiger partial charge in [-0.2, -0.15) is 0 Å². The Labute approximate surface area is 104 Å². The van der Waals surface area contributed by atoms with E-state index in [0.29, 0.717) is 13.2 Å². The third-order valence-corrected chi connectivity index (χ3v) is 3.97. The van der Waals surface area contributed by atoms with E-state index in [2.05, 4.69) is 6.92 Å². The van der Waals surface area contributed by atoms with E-state index < -0.39 is 0 Å². The number of thiophene rings is 1. The van der Waals surface area contributed by atoms with Crippen LogP contribution in [0.1, 0.15) is 24.3 Å². The Hall–Kier alpha value is -0.130. The van der Waals surface area contributed by atoms with Crippen molar-refractivity contribution in [1.29, 1.82) is 0 Å². The van der Waals surface area contributed by atoms with Gasteiger partial charge in [0, 0.05) is 10.9 Å². The molecule has 2 unspecified atom stereocenters. The van der Waals surface area contributed by atoms with Gasteiger partial charge in [0.1, 0.15) is 12.2 Å². The van der Waals surface area contributed by atoms with Crippen molar-refractivity contribution in [1.82, 2.24) is 0 Å². The molecule has 0 amide bonds. The first-order chi connectivity index (χ1) is 7.70. The van der Waals surface area contributed by atoms with Gasteiger partial charge in [-0.05, 0) is 18.6 Å². The summed E-state index contributed by atoms with van der Waals surface area (Å²) in [7, 11) is 0. The lowest BCUT2D eigenvalue weighted by Crippen LogP contribution is -2.41. The average Bonchev–Trinajstić information content (AvgIpc) is 2.62. The number of rotatable bonds is 5. The second kappa shape index (κ2) is 5.47. The summed E-state index contributed by atoms with van der Waals surface area (Å²) in [5.41, 5.74) is 6.08. The fourth-order valence-corrected chi connectivity index (χ4v) is 2.75. The minimum atomic E-state index is -0.0589. The third-order valence-electron chi connectivity index (χ3n) is 2.68. The Bertz CT molecular complexity index is 340. The van der Waals surface area contributed by atoms with E-state index >= 15 is 0 Å². The van der Waals surface area contributed by atoms with Gasteiger partial charge in [0.15, 0.2) is 0 Å². The van der Waals surface area contributed by atoms with E-state index in [9.17, 15) is 0 Å². The van der Waals surface area contributed by atoms with E-state index in [1.807, 2.05) is 12.1 Å². The summed E-state index contributed by atoms with van der Waals surface area (Å²) in [6.07, 6.45) is 1.01. The predicted molar refractivity (Wildman–Crippen MR) is 66.0 cm³/mol. The molecule has 16 heavy (non-hydrogen) atoms. The van der Waals surface area contributed by atoms with Crippen molar-refractivity contribution in [3.63, 3.8) is 0 Å². The maximum atomic E-state index is 6.08. The zero-order valence-electron chi connectivity index (χ0n) is 9.19. The van der Waals surface area contributed by atoms with Gasteiger partial charge in [-0.3, -0.25) is 0 Å². The van der Waals surface area contributed by atoms with Gasteiger partial charge in [0.2, 0.25) is 0 Å². The Morgan fingerprint density at radius 3 is 2.81 bits per heavy atom. The van der Waals surface area contributed by atoms with Crippen molar-refractivity contribution in [2.75, 3.05) is 13.2 Å². The molecule has 0 aliphatic carbocycles. The standard InChI is InChI=1S/C11H16ClNO2S/c1-2-8(13)11(15-7-5-14-6-7)9-3-4-10(12)16-9/h3-4,7-8,11H,2,5-6,13H2,1H3. The molecule has 1 aliphatic rings. The quantitative estimate of drug-likeness (QED) is 0.886. The molecule has 2 rings (SSSR count). The number of ether oxygens (including phenoxy) is 2. The summed E-state index contributed by atoms with van der Waals surface area (Å²) >= 11 is 7.47. The van der Waals surface area contributed by atoms with Crippen molar-refractivity contribution in [3.05, 3.63) is 21.3 Å². The Morgan fingerprint density at radius 1 is 1.62 bits per heavy atom. The molecule has 90 valence electrons. The van der Waals surface area contributed by atoms with E-state index in [1.165, 1.54) is 11.3 Å². The van der Waals surface area contributed by atoms with Crippen LogP contribution >= 0.6 is 22.9 Å². The molecule has 2 heterocycles. The smallest absolute Gasteiger partial charge is 0.107 e. The molecule has 0 spiro atoms. The molecule has 1 aliphatic heterocycles. The maximum absolute atomic E-state index is 6.08. The second-order valence-electron chi connectivity index (χ2n) is 3.93. The lowest BCUT2D eigenvalue weighted by Gasteiger charge is -2.32. The molecule has 0 bridgehead atoms. The molecule has 0 aromatic carbocycles. The van der Waals surface area contributed by atoms with Gasteiger partial charge in [-0.1, -0.05) is 18.5 Å². The monoisotopic (exact) mass is 261 g/mol. The Balaban J connectivity index is 2.06. The lowest BCUT2D eigenvalue weighted by atomic mass is 10.1. The zero-order chi connectivity index (χ0) is 11.5. The summed E-state index contributed by atoms with van der Waals surface area (Å²) in [6.45, 7) is 3.41. The fourth-order valence-electron chi connectivity index (χ4n) is 1.57. The van der Waals surface area contributed by atoms with Crippen LogP contribution in [0, 0.1) is 0 Å². The highest BCUT2D eigenvalue weighted by molar-refractivity contribution is 7.16. The molecule has 0 saturated carbocycles. The van der Waals surface area contributed by atoms with Crippen LogP contribution in [0.5, 0.6) is 0 Å². The lowest BCUT2D eigenvalue weighted by molar-refractivity contribution is -0.159. The average molecular weight is 262 g/mol. The molecule has 1 aromatic heterocycles. The second-order valence-corrected chi connectivity index (χ2v) is 5.68. The fraction of sp³-hybridized carbons (Fsp3) is 0.636. The zero-order valence-corrected chi connectivity index (χ0v) is 10.8. The predicted octanol–water partition coefficient (Wildman–Crippen LogP) is 2.60. The summed E-state index contributed by atoms with van der Waals surface area (Å²) in [4.78, 5) is 1.10. The molecule has 1 saturated heterocycles. The van der Waals surface area contributed by atoms with Crippen LogP contribution in [0.25, 0.3) is 0 Å². The largest absolute Gasteiger partial charge is 0.376 e. The third kappa shape index (κ3) is 2.76. The van der Waals surface area contributed by atoms with E-state index in [1.54, 1.807) is 0 Å². The number of halogens is 1. The van der Waals surface area contributed by atoms with Gasteiger partial charge in [0.25, 0.3) is 0 Å². The normalized spacial score (nSPS) is 20.4. The van der Waals surface area contributed by atoms with Crippen molar-refractivity contribution in [3.8, 4) is 0 Å². The Morgan fingerprint density at radius 2 is 2.38 bits per heavy atom. The minimum absolute atomic E-state index is 0.00955. The minimum Gasteiger partial charge on any atom is -0.376 e. The Kier molecular flexibility index (Phi) is 4.21. The molecular formula is C11H16ClNO2S. The van der Waals surface area contributed by atoms with Gasteiger partial charge >= 0.3 is 0 Å². The van der Waals surface area contributed by atoms with Crippen LogP contribution in [0.4, 0.5) is 0 Å². The summed E-state index contributed by atoms with van der Waals surface area (Å²) in [5.74, 6) is 0. The maximum Gasteiger partial charge on any atom is 0.107 e. The first-order valence-corrected chi connectivity index (χ1v) is 6.64. The molecule has 1 fully saturated rings. The van der Waals surface area contributed by atoms with Crippen LogP contribution in [0.15, 0.2) is 12.1 Å². The van der Waals surface area contributed by atoms with Crippen LogP contribution in [0.3, 0.4) is 0 Å². The number of nitrogens with two attached hydrogens (primary N) is 1. The number of hydrogen-bond acceptors (Lipinski definition) is 4. The first kappa shape index (κ1) is 12.3. The molecule has 2 atom stereocenters. The highest BCUT2D eigenvalue weighted by Crippen LogP contribution is 2.33. The van der Waals surface area contributed by atoms with E-state index in [4.69, 9.17) is 26.8 Å². The van der Waals surface area contributed by atoms with Crippen molar-refractivity contribution >= 4 is 22.9 Å². The van der Waals surface area contributed by atoms with Crippen molar-refractivity contribution in [2.45, 2.75) is 31.6 Å². The van der Waals surface area contributed by atoms with Gasteiger partial charge in [-0.15, -0.1) is 11.3 Å². The highest BCUT2D eigenvalue weighted by Gasteiger charge is 2.28.